The third kappa shape index (κ3) is 3.18. The highest BCUT2D eigenvalue weighted by atomic mass is 35.5. The van der Waals surface area contributed by atoms with Crippen LogP contribution >= 0.6 is 23.2 Å². The summed E-state index contributed by atoms with van der Waals surface area (Å²) in [5.41, 5.74) is 3.90. The summed E-state index contributed by atoms with van der Waals surface area (Å²) in [7, 11) is 0. The average molecular weight is 336 g/mol. The molecule has 0 saturated carbocycles. The molecule has 1 aliphatic heterocycles. The quantitative estimate of drug-likeness (QED) is 0.769. The van der Waals surface area contributed by atoms with Crippen molar-refractivity contribution in [3.05, 3.63) is 51.8 Å². The zero-order chi connectivity index (χ0) is 15.7. The van der Waals surface area contributed by atoms with Gasteiger partial charge in [-0.3, -0.25) is 4.90 Å². The maximum atomic E-state index is 12.5. The zero-order valence-electron chi connectivity index (χ0n) is 12.1. The van der Waals surface area contributed by atoms with Gasteiger partial charge in [-0.2, -0.15) is 0 Å². The number of halogens is 2. The van der Waals surface area contributed by atoms with Gasteiger partial charge in [0.15, 0.2) is 0 Å². The first-order chi connectivity index (χ1) is 10.5. The number of carbonyl (C=O) groups is 1. The third-order valence-electron chi connectivity index (χ3n) is 3.61. The summed E-state index contributed by atoms with van der Waals surface area (Å²) in [6.07, 6.45) is 1.94. The monoisotopic (exact) mass is 335 g/mol. The molecule has 0 fully saturated rings. The van der Waals surface area contributed by atoms with Crippen LogP contribution in [0.15, 0.2) is 30.3 Å². The summed E-state index contributed by atoms with van der Waals surface area (Å²) >= 11 is 11.7. The number of hydrogen-bond acceptors (Lipinski definition) is 2. The predicted octanol–water partition coefficient (Wildman–Crippen LogP) is 4.68. The van der Waals surface area contributed by atoms with Crippen LogP contribution in [0.5, 0.6) is 0 Å². The van der Waals surface area contributed by atoms with Gasteiger partial charge in [-0.25, -0.2) is 9.78 Å². The summed E-state index contributed by atoms with van der Waals surface area (Å²) < 4.78 is 0. The van der Waals surface area contributed by atoms with Crippen LogP contribution in [-0.2, 0) is 6.42 Å². The molecule has 114 valence electrons. The fraction of sp³-hybridized carbons (Fsp3) is 0.250. The Hall–Kier alpha value is -1.78. The number of nitrogens with one attached hydrogen (secondary N) is 1. The third-order valence-corrected chi connectivity index (χ3v) is 4.00. The number of fused-ring (bicyclic) bond motifs is 1. The molecule has 1 aliphatic rings. The van der Waals surface area contributed by atoms with Gasteiger partial charge in [0.25, 0.3) is 0 Å². The van der Waals surface area contributed by atoms with Crippen molar-refractivity contribution in [2.45, 2.75) is 19.8 Å². The van der Waals surface area contributed by atoms with Crippen LogP contribution in [-0.4, -0.2) is 17.6 Å². The smallest absolute Gasteiger partial charge is 0.307 e. The van der Waals surface area contributed by atoms with Crippen LogP contribution in [0, 0.1) is 6.92 Å². The number of amides is 2. The second-order valence-electron chi connectivity index (χ2n) is 5.32. The minimum absolute atomic E-state index is 0.192. The van der Waals surface area contributed by atoms with Gasteiger partial charge in [0.2, 0.25) is 0 Å². The molecular weight excluding hydrogens is 321 g/mol. The number of nitrogens with zero attached hydrogens (tertiary/aromatic N) is 2. The molecular formula is C16H15Cl2N3O. The van der Waals surface area contributed by atoms with E-state index in [0.717, 1.165) is 18.5 Å². The van der Waals surface area contributed by atoms with Crippen molar-refractivity contribution in [2.75, 3.05) is 16.8 Å². The Kier molecular flexibility index (Phi) is 4.23. The molecule has 0 bridgehead atoms. The topological polar surface area (TPSA) is 45.2 Å². The van der Waals surface area contributed by atoms with Gasteiger partial charge in [-0.15, -0.1) is 0 Å². The molecule has 0 unspecified atom stereocenters. The number of hydrogen-bond donors (Lipinski definition) is 1. The van der Waals surface area contributed by atoms with Gasteiger partial charge in [-0.1, -0.05) is 40.9 Å². The molecule has 1 aromatic heterocycles. The minimum atomic E-state index is -0.192. The Bertz CT molecular complexity index is 713. The van der Waals surface area contributed by atoms with Gasteiger partial charge in [0.1, 0.15) is 10.3 Å². The zero-order valence-corrected chi connectivity index (χ0v) is 13.6. The normalized spacial score (nSPS) is 13.7. The molecule has 0 spiro atoms. The molecule has 2 heterocycles. The molecule has 3 rings (SSSR count). The molecule has 6 heteroatoms. The Morgan fingerprint density at radius 1 is 1.23 bits per heavy atom. The minimum Gasteiger partial charge on any atom is -0.307 e. The maximum absolute atomic E-state index is 12.5. The molecule has 2 aromatic rings. The predicted molar refractivity (Wildman–Crippen MR) is 90.1 cm³/mol. The Labute approximate surface area is 139 Å². The number of urea groups is 1. The molecule has 4 nitrogen and oxygen atoms in total. The Morgan fingerprint density at radius 2 is 1.95 bits per heavy atom. The van der Waals surface area contributed by atoms with Crippen molar-refractivity contribution in [2.24, 2.45) is 0 Å². The van der Waals surface area contributed by atoms with Crippen LogP contribution in [0.4, 0.5) is 16.2 Å². The van der Waals surface area contributed by atoms with E-state index in [-0.39, 0.29) is 16.3 Å². The van der Waals surface area contributed by atoms with E-state index in [1.807, 2.05) is 12.1 Å². The standard InChI is InChI=1S/C16H15Cl2N3O/c1-10-4-5-13-11(7-10)3-2-6-21(13)16(22)19-12-8-14(17)20-15(18)9-12/h4-5,7-9H,2-3,6H2,1H3,(H,19,20,22). The maximum Gasteiger partial charge on any atom is 0.326 e. The van der Waals surface area contributed by atoms with Crippen LogP contribution in [0.3, 0.4) is 0 Å². The second kappa shape index (κ2) is 6.15. The number of aromatic nitrogens is 1. The summed E-state index contributed by atoms with van der Waals surface area (Å²) in [5, 5.41) is 3.32. The lowest BCUT2D eigenvalue weighted by atomic mass is 10.00. The number of pyridine rings is 1. The Balaban J connectivity index is 1.84. The van der Waals surface area contributed by atoms with Crippen LogP contribution in [0.2, 0.25) is 10.3 Å². The average Bonchev–Trinajstić information content (AvgIpc) is 2.45. The van der Waals surface area contributed by atoms with Crippen molar-refractivity contribution in [3.8, 4) is 0 Å². The van der Waals surface area contributed by atoms with E-state index in [2.05, 4.69) is 23.3 Å². The highest BCUT2D eigenvalue weighted by Crippen LogP contribution is 2.29. The number of aryl methyl sites for hydroxylation is 2. The fourth-order valence-corrected chi connectivity index (χ4v) is 3.13. The number of carbonyl (C=O) groups excluding carboxylic acids is 1. The lowest BCUT2D eigenvalue weighted by Crippen LogP contribution is -2.38. The van der Waals surface area contributed by atoms with Crippen molar-refractivity contribution >= 4 is 40.6 Å². The first kappa shape index (κ1) is 15.1. The van der Waals surface area contributed by atoms with E-state index in [4.69, 9.17) is 23.2 Å². The molecule has 2 amide bonds. The number of rotatable bonds is 1. The van der Waals surface area contributed by atoms with Crippen LogP contribution in [0.25, 0.3) is 0 Å². The first-order valence-corrected chi connectivity index (χ1v) is 7.79. The summed E-state index contributed by atoms with van der Waals surface area (Å²) in [6.45, 7) is 2.74. The van der Waals surface area contributed by atoms with E-state index in [1.54, 1.807) is 17.0 Å². The first-order valence-electron chi connectivity index (χ1n) is 7.04. The fourth-order valence-electron chi connectivity index (χ4n) is 2.66. The molecule has 0 atom stereocenters. The second-order valence-corrected chi connectivity index (χ2v) is 6.09. The summed E-state index contributed by atoms with van der Waals surface area (Å²) in [6, 6.07) is 9.11. The molecule has 22 heavy (non-hydrogen) atoms. The van der Waals surface area contributed by atoms with Gasteiger partial charge in [0, 0.05) is 17.9 Å². The Morgan fingerprint density at radius 3 is 2.68 bits per heavy atom. The molecule has 0 aliphatic carbocycles. The van der Waals surface area contributed by atoms with E-state index < -0.39 is 0 Å². The van der Waals surface area contributed by atoms with Gasteiger partial charge in [-0.05, 0) is 43.5 Å². The van der Waals surface area contributed by atoms with E-state index in [1.165, 1.54) is 11.1 Å². The van der Waals surface area contributed by atoms with Crippen LogP contribution < -0.4 is 10.2 Å². The van der Waals surface area contributed by atoms with Gasteiger partial charge < -0.3 is 5.32 Å². The van der Waals surface area contributed by atoms with E-state index in [0.29, 0.717) is 12.2 Å². The van der Waals surface area contributed by atoms with Crippen LogP contribution in [0.1, 0.15) is 17.5 Å². The lowest BCUT2D eigenvalue weighted by molar-refractivity contribution is 0.256. The molecule has 0 saturated heterocycles. The van der Waals surface area contributed by atoms with E-state index in [9.17, 15) is 4.79 Å². The van der Waals surface area contributed by atoms with E-state index >= 15 is 0 Å². The number of benzene rings is 1. The van der Waals surface area contributed by atoms with Crippen molar-refractivity contribution in [1.82, 2.24) is 4.98 Å². The van der Waals surface area contributed by atoms with Crippen molar-refractivity contribution < 1.29 is 4.79 Å². The molecule has 0 radical (unpaired) electrons. The van der Waals surface area contributed by atoms with Gasteiger partial charge in [0.05, 0.1) is 0 Å². The summed E-state index contributed by atoms with van der Waals surface area (Å²) in [4.78, 5) is 18.2. The van der Waals surface area contributed by atoms with Crippen molar-refractivity contribution in [1.29, 1.82) is 0 Å². The van der Waals surface area contributed by atoms with Crippen molar-refractivity contribution in [3.63, 3.8) is 0 Å². The molecule has 1 N–H and O–H groups in total. The van der Waals surface area contributed by atoms with Gasteiger partial charge >= 0.3 is 6.03 Å². The highest BCUT2D eigenvalue weighted by Gasteiger charge is 2.22. The largest absolute Gasteiger partial charge is 0.326 e. The molecule has 1 aromatic carbocycles. The number of anilines is 2. The summed E-state index contributed by atoms with van der Waals surface area (Å²) in [5.74, 6) is 0. The lowest BCUT2D eigenvalue weighted by Gasteiger charge is -2.29. The SMILES string of the molecule is Cc1ccc2c(c1)CCCN2C(=O)Nc1cc(Cl)nc(Cl)c1. The highest BCUT2D eigenvalue weighted by molar-refractivity contribution is 6.33.